The number of hydrogen-bond acceptors (Lipinski definition) is 4. The minimum Gasteiger partial charge on any atom is -0.459 e. The third kappa shape index (κ3) is 2.55. The number of nitrogens with zero attached hydrogens (tertiary/aromatic N) is 2. The number of esters is 1. The lowest BCUT2D eigenvalue weighted by Gasteiger charge is -2.39. The molecule has 4 nitrogen and oxygen atoms in total. The first-order valence-corrected chi connectivity index (χ1v) is 6.84. The van der Waals surface area contributed by atoms with E-state index in [-0.39, 0.29) is 5.97 Å². The van der Waals surface area contributed by atoms with Crippen LogP contribution < -0.4 is 0 Å². The van der Waals surface area contributed by atoms with Gasteiger partial charge in [-0.15, -0.1) is 0 Å². The summed E-state index contributed by atoms with van der Waals surface area (Å²) in [6.07, 6.45) is 5.89. The van der Waals surface area contributed by atoms with Crippen molar-refractivity contribution in [1.82, 2.24) is 9.97 Å². The van der Waals surface area contributed by atoms with E-state index >= 15 is 0 Å². The second-order valence-corrected chi connectivity index (χ2v) is 6.58. The van der Waals surface area contributed by atoms with E-state index < -0.39 is 11.0 Å². The quantitative estimate of drug-likeness (QED) is 0.788. The van der Waals surface area contributed by atoms with Crippen molar-refractivity contribution in [3.63, 3.8) is 0 Å². The Hall–Kier alpha value is -0.970. The highest BCUT2D eigenvalue weighted by atomic mass is 79.9. The Morgan fingerprint density at radius 2 is 1.89 bits per heavy atom. The Morgan fingerprint density at radius 1 is 1.33 bits per heavy atom. The SMILES string of the molecule is CC(C)(C)OC(=O)C1(c2ncc(Br)cn2)CCC1. The Kier molecular flexibility index (Phi) is 3.45. The Labute approximate surface area is 115 Å². The Balaban J connectivity index is 2.26. The predicted octanol–water partition coefficient (Wildman–Crippen LogP) is 3.00. The summed E-state index contributed by atoms with van der Waals surface area (Å²) >= 11 is 3.30. The molecule has 18 heavy (non-hydrogen) atoms. The number of ether oxygens (including phenoxy) is 1. The molecule has 0 aromatic carbocycles. The van der Waals surface area contributed by atoms with Gasteiger partial charge in [0.2, 0.25) is 0 Å². The first-order chi connectivity index (χ1) is 8.33. The lowest BCUT2D eigenvalue weighted by atomic mass is 9.68. The largest absolute Gasteiger partial charge is 0.459 e. The van der Waals surface area contributed by atoms with Crippen LogP contribution in [0.2, 0.25) is 0 Å². The standard InChI is InChI=1S/C13H17BrN2O2/c1-12(2,3)18-11(17)13(5-4-6-13)10-15-7-9(14)8-16-10/h7-8H,4-6H2,1-3H3. The van der Waals surface area contributed by atoms with Gasteiger partial charge in [-0.2, -0.15) is 0 Å². The number of carbonyl (C=O) groups is 1. The Morgan fingerprint density at radius 3 is 2.28 bits per heavy atom. The molecule has 0 spiro atoms. The first-order valence-electron chi connectivity index (χ1n) is 6.05. The molecule has 1 aliphatic rings. The predicted molar refractivity (Wildman–Crippen MR) is 71.1 cm³/mol. The van der Waals surface area contributed by atoms with E-state index in [0.717, 1.165) is 23.7 Å². The normalized spacial score (nSPS) is 18.0. The molecule has 1 heterocycles. The fourth-order valence-electron chi connectivity index (χ4n) is 1.98. The van der Waals surface area contributed by atoms with Crippen molar-refractivity contribution in [1.29, 1.82) is 0 Å². The molecular weight excluding hydrogens is 296 g/mol. The summed E-state index contributed by atoms with van der Waals surface area (Å²) in [6, 6.07) is 0. The summed E-state index contributed by atoms with van der Waals surface area (Å²) in [7, 11) is 0. The molecule has 0 saturated heterocycles. The summed E-state index contributed by atoms with van der Waals surface area (Å²) in [4.78, 5) is 20.9. The fraction of sp³-hybridized carbons (Fsp3) is 0.615. The molecule has 5 heteroatoms. The van der Waals surface area contributed by atoms with Crippen LogP contribution in [0.4, 0.5) is 0 Å². The molecule has 1 saturated carbocycles. The van der Waals surface area contributed by atoms with Crippen LogP contribution >= 0.6 is 15.9 Å². The molecule has 1 aliphatic carbocycles. The van der Waals surface area contributed by atoms with Gasteiger partial charge in [0.05, 0.1) is 4.47 Å². The first kappa shape index (κ1) is 13.5. The highest BCUT2D eigenvalue weighted by Crippen LogP contribution is 2.43. The zero-order valence-corrected chi connectivity index (χ0v) is 12.5. The zero-order chi connectivity index (χ0) is 13.4. The molecule has 1 aromatic rings. The maximum atomic E-state index is 12.3. The minimum absolute atomic E-state index is 0.205. The van der Waals surface area contributed by atoms with E-state index in [9.17, 15) is 4.79 Å². The van der Waals surface area contributed by atoms with Crippen LogP contribution in [0.25, 0.3) is 0 Å². The molecule has 1 fully saturated rings. The van der Waals surface area contributed by atoms with Crippen LogP contribution in [0.1, 0.15) is 45.9 Å². The number of rotatable bonds is 2. The minimum atomic E-state index is -0.631. The van der Waals surface area contributed by atoms with Crippen LogP contribution in [0.15, 0.2) is 16.9 Å². The van der Waals surface area contributed by atoms with E-state index in [1.807, 2.05) is 20.8 Å². The van der Waals surface area contributed by atoms with Gasteiger partial charge in [-0.1, -0.05) is 6.42 Å². The van der Waals surface area contributed by atoms with Gasteiger partial charge in [-0.05, 0) is 49.5 Å². The maximum absolute atomic E-state index is 12.3. The molecule has 0 amide bonds. The van der Waals surface area contributed by atoms with Gasteiger partial charge >= 0.3 is 5.97 Å². The van der Waals surface area contributed by atoms with Crippen molar-refractivity contribution in [3.8, 4) is 0 Å². The second kappa shape index (κ2) is 4.61. The summed E-state index contributed by atoms with van der Waals surface area (Å²) < 4.78 is 6.31. The molecule has 1 aromatic heterocycles. The van der Waals surface area contributed by atoms with Gasteiger partial charge < -0.3 is 4.74 Å². The van der Waals surface area contributed by atoms with Gasteiger partial charge in [0, 0.05) is 12.4 Å². The summed E-state index contributed by atoms with van der Waals surface area (Å²) in [5.41, 5.74) is -1.11. The molecule has 0 aliphatic heterocycles. The lowest BCUT2D eigenvalue weighted by Crippen LogP contribution is -2.47. The van der Waals surface area contributed by atoms with Crippen LogP contribution in [-0.2, 0) is 14.9 Å². The van der Waals surface area contributed by atoms with E-state index in [4.69, 9.17) is 4.74 Å². The molecule has 0 bridgehead atoms. The third-order valence-corrected chi connectivity index (χ3v) is 3.45. The molecule has 0 radical (unpaired) electrons. The van der Waals surface area contributed by atoms with Crippen molar-refractivity contribution < 1.29 is 9.53 Å². The number of carbonyl (C=O) groups excluding carboxylic acids is 1. The average Bonchev–Trinajstić information content (AvgIpc) is 2.16. The van der Waals surface area contributed by atoms with Gasteiger partial charge in [-0.25, -0.2) is 9.97 Å². The highest BCUT2D eigenvalue weighted by molar-refractivity contribution is 9.10. The summed E-state index contributed by atoms with van der Waals surface area (Å²) in [5.74, 6) is 0.370. The van der Waals surface area contributed by atoms with Crippen molar-refractivity contribution in [2.75, 3.05) is 0 Å². The average molecular weight is 313 g/mol. The van der Waals surface area contributed by atoms with Crippen molar-refractivity contribution >= 4 is 21.9 Å². The van der Waals surface area contributed by atoms with E-state index in [2.05, 4.69) is 25.9 Å². The van der Waals surface area contributed by atoms with Gasteiger partial charge in [0.15, 0.2) is 0 Å². The molecular formula is C13H17BrN2O2. The smallest absolute Gasteiger partial charge is 0.320 e. The van der Waals surface area contributed by atoms with Gasteiger partial charge in [0.1, 0.15) is 16.8 Å². The van der Waals surface area contributed by atoms with Crippen LogP contribution in [0.3, 0.4) is 0 Å². The maximum Gasteiger partial charge on any atom is 0.320 e. The summed E-state index contributed by atoms with van der Waals surface area (Å²) in [6.45, 7) is 5.62. The number of hydrogen-bond donors (Lipinski definition) is 0. The van der Waals surface area contributed by atoms with Crippen LogP contribution in [0.5, 0.6) is 0 Å². The Bertz CT molecular complexity index is 447. The topological polar surface area (TPSA) is 52.1 Å². The molecule has 0 atom stereocenters. The van der Waals surface area contributed by atoms with Crippen LogP contribution in [0, 0.1) is 0 Å². The monoisotopic (exact) mass is 312 g/mol. The van der Waals surface area contributed by atoms with Crippen molar-refractivity contribution in [2.45, 2.75) is 51.0 Å². The van der Waals surface area contributed by atoms with E-state index in [0.29, 0.717) is 5.82 Å². The van der Waals surface area contributed by atoms with Crippen LogP contribution in [-0.4, -0.2) is 21.5 Å². The fourth-order valence-corrected chi connectivity index (χ4v) is 2.19. The van der Waals surface area contributed by atoms with E-state index in [1.54, 1.807) is 12.4 Å². The number of aromatic nitrogens is 2. The van der Waals surface area contributed by atoms with Crippen molar-refractivity contribution in [3.05, 3.63) is 22.7 Å². The summed E-state index contributed by atoms with van der Waals surface area (Å²) in [5, 5.41) is 0. The molecule has 0 unspecified atom stereocenters. The molecule has 2 rings (SSSR count). The molecule has 0 N–H and O–H groups in total. The van der Waals surface area contributed by atoms with E-state index in [1.165, 1.54) is 0 Å². The van der Waals surface area contributed by atoms with Gasteiger partial charge in [-0.3, -0.25) is 4.79 Å². The van der Waals surface area contributed by atoms with Crippen molar-refractivity contribution in [2.24, 2.45) is 0 Å². The molecule has 98 valence electrons. The lowest BCUT2D eigenvalue weighted by molar-refractivity contribution is -0.166. The number of halogens is 1. The highest BCUT2D eigenvalue weighted by Gasteiger charge is 2.50. The zero-order valence-electron chi connectivity index (χ0n) is 10.9. The second-order valence-electron chi connectivity index (χ2n) is 5.66. The third-order valence-electron chi connectivity index (χ3n) is 3.05. The van der Waals surface area contributed by atoms with Gasteiger partial charge in [0.25, 0.3) is 0 Å².